The number of hydrogen-bond donors (Lipinski definition) is 5. The Morgan fingerprint density at radius 3 is 1.59 bits per heavy atom. The Morgan fingerprint density at radius 1 is 0.611 bits per heavy atom. The van der Waals surface area contributed by atoms with E-state index in [-0.39, 0.29) is 50.7 Å². The second-order valence-electron chi connectivity index (χ2n) is 12.9. The van der Waals surface area contributed by atoms with Crippen molar-refractivity contribution in [1.82, 2.24) is 20.4 Å². The molecule has 0 spiro atoms. The van der Waals surface area contributed by atoms with Gasteiger partial charge in [-0.3, -0.25) is 10.2 Å². The molecule has 6 aromatic carbocycles. The fraction of sp³-hybridized carbons (Fsp3) is 0.128. The molecule has 0 fully saturated rings. The number of nitrogens with zero attached hydrogens (tertiary/aromatic N) is 2. The van der Waals surface area contributed by atoms with Gasteiger partial charge in [-0.2, -0.15) is 10.2 Å². The van der Waals surface area contributed by atoms with Crippen LogP contribution in [0.15, 0.2) is 141 Å². The maximum absolute atomic E-state index is 13.5. The maximum atomic E-state index is 13.5. The molecule has 8 rings (SSSR count). The van der Waals surface area contributed by atoms with Crippen molar-refractivity contribution >= 4 is 99.2 Å². The van der Waals surface area contributed by atoms with Crippen LogP contribution in [-0.2, 0) is 19.7 Å². The Kier molecular flexibility index (Phi) is 11.9. The van der Waals surface area contributed by atoms with E-state index in [1.54, 1.807) is 54.6 Å². The number of fused-ring (bicyclic) bond motifs is 4. The van der Waals surface area contributed by atoms with E-state index in [0.29, 0.717) is 50.7 Å². The lowest BCUT2D eigenvalue weighted by Crippen LogP contribution is -2.33. The van der Waals surface area contributed by atoms with Crippen molar-refractivity contribution in [2.24, 2.45) is 11.7 Å². The first-order chi connectivity index (χ1) is 24.9. The molecule has 0 radical (unpaired) electrons. The van der Waals surface area contributed by atoms with Crippen molar-refractivity contribution in [3.05, 3.63) is 121 Å². The summed E-state index contributed by atoms with van der Waals surface area (Å²) in [5, 5.41) is 21.3. The summed E-state index contributed by atoms with van der Waals surface area (Å²) in [4.78, 5) is 0.518. The largest absolute Gasteiger partial charge is 0.399 e. The first-order valence-corrected chi connectivity index (χ1v) is 19.6. The normalized spacial score (nSPS) is 12.2. The molecule has 7 N–H and O–H groups in total. The van der Waals surface area contributed by atoms with Gasteiger partial charge >= 0.3 is 0 Å². The van der Waals surface area contributed by atoms with E-state index in [0.717, 1.165) is 16.5 Å². The minimum absolute atomic E-state index is 0. The molecule has 0 aliphatic carbocycles. The lowest BCUT2D eigenvalue weighted by atomic mass is 10.1. The molecule has 54 heavy (non-hydrogen) atoms. The summed E-state index contributed by atoms with van der Waals surface area (Å²) in [6, 6.07) is 35.9. The van der Waals surface area contributed by atoms with Gasteiger partial charge in [0.1, 0.15) is 0 Å². The van der Waals surface area contributed by atoms with Gasteiger partial charge in [0.2, 0.25) is 19.7 Å². The van der Waals surface area contributed by atoms with E-state index in [9.17, 15) is 16.8 Å². The first kappa shape index (κ1) is 40.0. The van der Waals surface area contributed by atoms with E-state index < -0.39 is 19.7 Å². The highest BCUT2D eigenvalue weighted by Crippen LogP contribution is 2.33. The standard InChI is InChI=1S/C22H24N4O2S.C17H13N3O2S.2ClH/c1-14(2)19(23)13-24-16-10-11-20-18(12-16)22(26-25-20)29(27,28)21-9-5-7-15-6-3-4-8-17(15)21;18-12-8-9-15-14(10-12)17(20-19-15)23(21,22)16-7-3-5-11-4-1-2-6-13(11)16;;/h3-12,14,19,24H,13,23H2,1-2H3,(H,25,26);1-10H,18H2,(H,19,20);2*1H/t19-;;;/m1.../s1. The summed E-state index contributed by atoms with van der Waals surface area (Å²) in [5.41, 5.74) is 14.4. The molecule has 2 aromatic heterocycles. The van der Waals surface area contributed by atoms with E-state index in [2.05, 4.69) is 39.6 Å². The van der Waals surface area contributed by atoms with Crippen LogP contribution in [0.5, 0.6) is 0 Å². The van der Waals surface area contributed by atoms with E-state index >= 15 is 0 Å². The molecule has 11 nitrogen and oxygen atoms in total. The molecule has 8 aromatic rings. The number of aromatic nitrogens is 4. The second kappa shape index (κ2) is 16.0. The zero-order valence-corrected chi connectivity index (χ0v) is 32.5. The van der Waals surface area contributed by atoms with Gasteiger partial charge in [-0.15, -0.1) is 24.8 Å². The van der Waals surface area contributed by atoms with Crippen molar-refractivity contribution < 1.29 is 16.8 Å². The van der Waals surface area contributed by atoms with Crippen molar-refractivity contribution in [3.63, 3.8) is 0 Å². The summed E-state index contributed by atoms with van der Waals surface area (Å²) in [5.74, 6) is 0.349. The number of nitrogens with one attached hydrogen (secondary N) is 3. The van der Waals surface area contributed by atoms with Crippen LogP contribution in [0.4, 0.5) is 11.4 Å². The Morgan fingerprint density at radius 2 is 1.07 bits per heavy atom. The number of benzene rings is 6. The molecule has 15 heteroatoms. The number of sulfone groups is 2. The molecule has 1 atom stereocenters. The highest BCUT2D eigenvalue weighted by atomic mass is 35.5. The fourth-order valence-electron chi connectivity index (χ4n) is 6.06. The van der Waals surface area contributed by atoms with Crippen LogP contribution >= 0.6 is 24.8 Å². The third-order valence-electron chi connectivity index (χ3n) is 9.08. The average Bonchev–Trinajstić information content (AvgIpc) is 3.78. The molecular formula is C39H39Cl2N7O4S2. The smallest absolute Gasteiger partial charge is 0.224 e. The van der Waals surface area contributed by atoms with E-state index in [1.165, 1.54) is 0 Å². The molecule has 2 heterocycles. The summed E-state index contributed by atoms with van der Waals surface area (Å²) in [6.45, 7) is 4.74. The third kappa shape index (κ3) is 7.59. The van der Waals surface area contributed by atoms with Crippen LogP contribution in [0.1, 0.15) is 13.8 Å². The number of hydrogen-bond acceptors (Lipinski definition) is 9. The third-order valence-corrected chi connectivity index (χ3v) is 12.6. The zero-order valence-electron chi connectivity index (χ0n) is 29.2. The number of H-pyrrole nitrogens is 2. The van der Waals surface area contributed by atoms with Crippen molar-refractivity contribution in [2.75, 3.05) is 17.6 Å². The van der Waals surface area contributed by atoms with Crippen molar-refractivity contribution in [1.29, 1.82) is 0 Å². The van der Waals surface area contributed by atoms with Crippen molar-refractivity contribution in [3.8, 4) is 0 Å². The molecular weight excluding hydrogens is 766 g/mol. The van der Waals surface area contributed by atoms with Gasteiger partial charge in [-0.05, 0) is 65.2 Å². The minimum atomic E-state index is -3.78. The summed E-state index contributed by atoms with van der Waals surface area (Å²) >= 11 is 0. The molecule has 280 valence electrons. The van der Waals surface area contributed by atoms with Gasteiger partial charge in [0.15, 0.2) is 10.1 Å². The number of nitrogens with two attached hydrogens (primary N) is 2. The van der Waals surface area contributed by atoms with Crippen LogP contribution in [-0.4, -0.2) is 49.8 Å². The topological polar surface area (TPSA) is 190 Å². The zero-order chi connectivity index (χ0) is 36.6. The Bertz CT molecular complexity index is 2810. The summed E-state index contributed by atoms with van der Waals surface area (Å²) in [7, 11) is -7.52. The quantitative estimate of drug-likeness (QED) is 0.0951. The highest BCUT2D eigenvalue weighted by molar-refractivity contribution is 7.92. The second-order valence-corrected chi connectivity index (χ2v) is 16.6. The van der Waals surface area contributed by atoms with Gasteiger partial charge in [0.25, 0.3) is 0 Å². The molecule has 0 saturated carbocycles. The Labute approximate surface area is 325 Å². The predicted octanol–water partition coefficient (Wildman–Crippen LogP) is 7.92. The number of nitrogen functional groups attached to an aromatic ring is 1. The van der Waals surface area contributed by atoms with Gasteiger partial charge in [-0.25, -0.2) is 16.8 Å². The Hall–Kier alpha value is -5.18. The lowest BCUT2D eigenvalue weighted by Gasteiger charge is -2.17. The molecule has 0 bridgehead atoms. The summed E-state index contributed by atoms with van der Waals surface area (Å²) in [6.07, 6.45) is 0. The van der Waals surface area contributed by atoms with Gasteiger partial charge in [0.05, 0.1) is 20.8 Å². The molecule has 0 amide bonds. The van der Waals surface area contributed by atoms with Gasteiger partial charge < -0.3 is 16.8 Å². The van der Waals surface area contributed by atoms with Gasteiger partial charge in [0, 0.05) is 45.5 Å². The van der Waals surface area contributed by atoms with Gasteiger partial charge in [-0.1, -0.05) is 86.6 Å². The van der Waals surface area contributed by atoms with E-state index in [4.69, 9.17) is 11.5 Å². The fourth-order valence-corrected chi connectivity index (χ4v) is 9.21. The maximum Gasteiger partial charge on any atom is 0.224 e. The number of aromatic amines is 2. The molecule has 0 aliphatic rings. The number of anilines is 2. The molecule has 0 saturated heterocycles. The average molecular weight is 805 g/mol. The van der Waals surface area contributed by atoms with Crippen LogP contribution in [0.25, 0.3) is 43.4 Å². The SMILES string of the molecule is CC(C)[C@H](N)CNc1ccc2n[nH]c(S(=O)(=O)c3cccc4ccccc34)c2c1.Cl.Cl.Nc1ccc2n[nH]c(S(=O)(=O)c3cccc4ccccc34)c2c1. The van der Waals surface area contributed by atoms with Crippen LogP contribution in [0, 0.1) is 5.92 Å². The van der Waals surface area contributed by atoms with Crippen molar-refractivity contribution in [2.45, 2.75) is 39.7 Å². The highest BCUT2D eigenvalue weighted by Gasteiger charge is 2.26. The number of halogens is 2. The first-order valence-electron chi connectivity index (χ1n) is 16.6. The monoisotopic (exact) mass is 803 g/mol. The summed E-state index contributed by atoms with van der Waals surface area (Å²) < 4.78 is 53.2. The van der Waals surface area contributed by atoms with Crippen LogP contribution < -0.4 is 16.8 Å². The molecule has 0 unspecified atom stereocenters. The Balaban J connectivity index is 0.000000205. The lowest BCUT2D eigenvalue weighted by molar-refractivity contribution is 0.511. The molecule has 0 aliphatic heterocycles. The minimum Gasteiger partial charge on any atom is -0.399 e. The predicted molar refractivity (Wildman–Crippen MR) is 221 cm³/mol. The van der Waals surface area contributed by atoms with E-state index in [1.807, 2.05) is 66.7 Å². The van der Waals surface area contributed by atoms with Crippen LogP contribution in [0.3, 0.4) is 0 Å². The number of rotatable bonds is 8. The van der Waals surface area contributed by atoms with Crippen LogP contribution in [0.2, 0.25) is 0 Å².